The van der Waals surface area contributed by atoms with Gasteiger partial charge in [0.25, 0.3) is 0 Å². The van der Waals surface area contributed by atoms with Crippen LogP contribution >= 0.6 is 0 Å². The fourth-order valence-corrected chi connectivity index (χ4v) is 3.88. The molecule has 0 radical (unpaired) electrons. The Morgan fingerprint density at radius 1 is 1.10 bits per heavy atom. The molecule has 0 bridgehead atoms. The number of anilines is 1. The first kappa shape index (κ1) is 19.6. The van der Waals surface area contributed by atoms with Crippen LogP contribution in [-0.2, 0) is 24.1 Å². The average Bonchev–Trinajstić information content (AvgIpc) is 3.09. The third-order valence-corrected chi connectivity index (χ3v) is 5.29. The lowest BCUT2D eigenvalue weighted by molar-refractivity contribution is -0.0283. The summed E-state index contributed by atoms with van der Waals surface area (Å²) < 4.78 is 8.16. The third-order valence-electron chi connectivity index (χ3n) is 5.29. The lowest BCUT2D eigenvalue weighted by Gasteiger charge is -2.38. The highest BCUT2D eigenvalue weighted by molar-refractivity contribution is 5.34. The standard InChI is InChI=1S/C23H29N5O/c1-18-7-6-8-19(15-18)10-12-28-21(16-20-9-4-5-11-24-20)25-26-22(28)27-13-14-29-23(2,3)17-27/h4-9,11,15H,10,12-14,16-17H2,1-3H3. The van der Waals surface area contributed by atoms with E-state index in [-0.39, 0.29) is 5.60 Å². The van der Waals surface area contributed by atoms with Gasteiger partial charge in [-0.2, -0.15) is 0 Å². The summed E-state index contributed by atoms with van der Waals surface area (Å²) in [5.41, 5.74) is 3.43. The van der Waals surface area contributed by atoms with Crippen LogP contribution in [0.5, 0.6) is 0 Å². The molecule has 6 heteroatoms. The van der Waals surface area contributed by atoms with Crippen LogP contribution in [0.2, 0.25) is 0 Å². The number of rotatable bonds is 6. The summed E-state index contributed by atoms with van der Waals surface area (Å²) in [5.74, 6) is 1.88. The molecule has 3 heterocycles. The molecule has 0 saturated carbocycles. The minimum Gasteiger partial charge on any atom is -0.372 e. The van der Waals surface area contributed by atoms with Gasteiger partial charge < -0.3 is 9.64 Å². The second-order valence-electron chi connectivity index (χ2n) is 8.33. The van der Waals surface area contributed by atoms with Crippen molar-refractivity contribution >= 4 is 5.95 Å². The van der Waals surface area contributed by atoms with Gasteiger partial charge in [0, 0.05) is 31.5 Å². The van der Waals surface area contributed by atoms with Gasteiger partial charge in [-0.25, -0.2) is 0 Å². The Balaban J connectivity index is 1.61. The molecule has 1 aromatic carbocycles. The van der Waals surface area contributed by atoms with Crippen molar-refractivity contribution in [3.05, 3.63) is 71.3 Å². The molecular formula is C23H29N5O. The quantitative estimate of drug-likeness (QED) is 0.644. The van der Waals surface area contributed by atoms with Gasteiger partial charge in [0.1, 0.15) is 5.82 Å². The topological polar surface area (TPSA) is 56.1 Å². The van der Waals surface area contributed by atoms with Crippen LogP contribution in [0, 0.1) is 6.92 Å². The molecule has 6 nitrogen and oxygen atoms in total. The molecular weight excluding hydrogens is 362 g/mol. The monoisotopic (exact) mass is 391 g/mol. The largest absolute Gasteiger partial charge is 0.372 e. The summed E-state index contributed by atoms with van der Waals surface area (Å²) in [4.78, 5) is 6.78. The molecule has 0 amide bonds. The van der Waals surface area contributed by atoms with E-state index in [4.69, 9.17) is 4.74 Å². The lowest BCUT2D eigenvalue weighted by Crippen LogP contribution is -2.49. The van der Waals surface area contributed by atoms with Gasteiger partial charge in [-0.3, -0.25) is 9.55 Å². The van der Waals surface area contributed by atoms with Gasteiger partial charge in [0.2, 0.25) is 5.95 Å². The first-order valence-electron chi connectivity index (χ1n) is 10.3. The number of hydrogen-bond acceptors (Lipinski definition) is 5. The van der Waals surface area contributed by atoms with Gasteiger partial charge in [-0.05, 0) is 44.9 Å². The van der Waals surface area contributed by atoms with E-state index in [2.05, 4.69) is 69.7 Å². The molecule has 0 spiro atoms. The van der Waals surface area contributed by atoms with E-state index in [9.17, 15) is 0 Å². The van der Waals surface area contributed by atoms with Crippen LogP contribution in [0.3, 0.4) is 0 Å². The molecule has 1 aliphatic heterocycles. The SMILES string of the molecule is Cc1cccc(CCn2c(Cc3ccccn3)nnc2N2CCOC(C)(C)C2)c1. The summed E-state index contributed by atoms with van der Waals surface area (Å²) in [7, 11) is 0. The van der Waals surface area contributed by atoms with E-state index in [1.807, 2.05) is 24.4 Å². The van der Waals surface area contributed by atoms with Crippen molar-refractivity contribution in [1.82, 2.24) is 19.7 Å². The first-order chi connectivity index (χ1) is 14.0. The molecule has 0 unspecified atom stereocenters. The molecule has 1 saturated heterocycles. The summed E-state index contributed by atoms with van der Waals surface area (Å²) in [6.45, 7) is 9.56. The molecule has 1 aliphatic rings. The van der Waals surface area contributed by atoms with Crippen LogP contribution in [0.15, 0.2) is 48.7 Å². The summed E-state index contributed by atoms with van der Waals surface area (Å²) in [5, 5.41) is 9.14. The number of hydrogen-bond donors (Lipinski definition) is 0. The summed E-state index contributed by atoms with van der Waals surface area (Å²) >= 11 is 0. The van der Waals surface area contributed by atoms with Crippen LogP contribution in [0.4, 0.5) is 5.95 Å². The van der Waals surface area contributed by atoms with E-state index in [1.54, 1.807) is 0 Å². The highest BCUT2D eigenvalue weighted by atomic mass is 16.5. The number of ether oxygens (including phenoxy) is 1. The number of pyridine rings is 1. The van der Waals surface area contributed by atoms with Crippen molar-refractivity contribution in [2.75, 3.05) is 24.6 Å². The number of aryl methyl sites for hydroxylation is 2. The minimum absolute atomic E-state index is 0.188. The maximum atomic E-state index is 5.89. The van der Waals surface area contributed by atoms with Crippen LogP contribution in [0.1, 0.15) is 36.5 Å². The Bertz CT molecular complexity index is 951. The molecule has 1 fully saturated rings. The van der Waals surface area contributed by atoms with Crippen molar-refractivity contribution in [3.8, 4) is 0 Å². The zero-order valence-electron chi connectivity index (χ0n) is 17.5. The van der Waals surface area contributed by atoms with E-state index in [0.29, 0.717) is 13.0 Å². The fourth-order valence-electron chi connectivity index (χ4n) is 3.88. The van der Waals surface area contributed by atoms with Gasteiger partial charge >= 0.3 is 0 Å². The second-order valence-corrected chi connectivity index (χ2v) is 8.33. The molecule has 0 N–H and O–H groups in total. The van der Waals surface area contributed by atoms with Crippen molar-refractivity contribution in [3.63, 3.8) is 0 Å². The molecule has 2 aromatic heterocycles. The van der Waals surface area contributed by atoms with Gasteiger partial charge in [-0.1, -0.05) is 35.9 Å². The lowest BCUT2D eigenvalue weighted by atomic mass is 10.1. The van der Waals surface area contributed by atoms with Crippen LogP contribution in [-0.4, -0.2) is 45.0 Å². The zero-order valence-corrected chi connectivity index (χ0v) is 17.5. The number of nitrogens with zero attached hydrogens (tertiary/aromatic N) is 5. The van der Waals surface area contributed by atoms with E-state index in [0.717, 1.165) is 43.5 Å². The first-order valence-corrected chi connectivity index (χ1v) is 10.3. The van der Waals surface area contributed by atoms with Crippen LogP contribution < -0.4 is 4.90 Å². The van der Waals surface area contributed by atoms with Gasteiger partial charge in [0.05, 0.1) is 18.6 Å². The van der Waals surface area contributed by atoms with Crippen molar-refractivity contribution in [1.29, 1.82) is 0 Å². The maximum absolute atomic E-state index is 5.89. The molecule has 0 aliphatic carbocycles. The zero-order chi connectivity index (χ0) is 20.3. The predicted octanol–water partition coefficient (Wildman–Crippen LogP) is 3.43. The van der Waals surface area contributed by atoms with Crippen LogP contribution in [0.25, 0.3) is 0 Å². The molecule has 29 heavy (non-hydrogen) atoms. The normalized spacial score (nSPS) is 16.2. The molecule has 3 aromatic rings. The van der Waals surface area contributed by atoms with Crippen molar-refractivity contribution < 1.29 is 4.74 Å². The molecule has 0 atom stereocenters. The maximum Gasteiger partial charge on any atom is 0.227 e. The van der Waals surface area contributed by atoms with Gasteiger partial charge in [-0.15, -0.1) is 10.2 Å². The van der Waals surface area contributed by atoms with E-state index < -0.39 is 0 Å². The van der Waals surface area contributed by atoms with Crippen molar-refractivity contribution in [2.45, 2.75) is 45.8 Å². The Kier molecular flexibility index (Phi) is 5.62. The number of benzene rings is 1. The Labute approximate surface area is 172 Å². The summed E-state index contributed by atoms with van der Waals surface area (Å²) in [6, 6.07) is 14.7. The van der Waals surface area contributed by atoms with E-state index >= 15 is 0 Å². The fraction of sp³-hybridized carbons (Fsp3) is 0.435. The van der Waals surface area contributed by atoms with Crippen molar-refractivity contribution in [2.24, 2.45) is 0 Å². The predicted molar refractivity (Wildman–Crippen MR) is 114 cm³/mol. The summed E-state index contributed by atoms with van der Waals surface area (Å²) in [6.07, 6.45) is 3.44. The molecule has 4 rings (SSSR count). The Morgan fingerprint density at radius 3 is 2.76 bits per heavy atom. The Hall–Kier alpha value is -2.73. The average molecular weight is 392 g/mol. The smallest absolute Gasteiger partial charge is 0.227 e. The second kappa shape index (κ2) is 8.33. The number of morpholine rings is 1. The highest BCUT2D eigenvalue weighted by Gasteiger charge is 2.30. The van der Waals surface area contributed by atoms with Gasteiger partial charge in [0.15, 0.2) is 0 Å². The molecule has 152 valence electrons. The minimum atomic E-state index is -0.188. The Morgan fingerprint density at radius 2 is 2.00 bits per heavy atom. The van der Waals surface area contributed by atoms with E-state index in [1.165, 1.54) is 11.1 Å². The highest BCUT2D eigenvalue weighted by Crippen LogP contribution is 2.23. The third kappa shape index (κ3) is 4.82. The number of aromatic nitrogens is 4.